The Kier molecular flexibility index (Phi) is 3.81. The number of fused-ring (bicyclic) bond motifs is 2. The molecule has 0 spiro atoms. The molecular formula is C23H16O2. The van der Waals surface area contributed by atoms with Crippen LogP contribution in [0.3, 0.4) is 0 Å². The van der Waals surface area contributed by atoms with Gasteiger partial charge in [-0.25, -0.2) is 4.79 Å². The van der Waals surface area contributed by atoms with E-state index in [1.807, 2.05) is 48.4 Å². The monoisotopic (exact) mass is 324 g/mol. The zero-order valence-corrected chi connectivity index (χ0v) is 13.8. The van der Waals surface area contributed by atoms with Gasteiger partial charge in [0.05, 0.1) is 7.11 Å². The zero-order valence-electron chi connectivity index (χ0n) is 13.8. The van der Waals surface area contributed by atoms with E-state index < -0.39 is 0 Å². The summed E-state index contributed by atoms with van der Waals surface area (Å²) < 4.78 is 5.68. The lowest BCUT2D eigenvalue weighted by Crippen LogP contribution is -1.93. The van der Waals surface area contributed by atoms with Crippen molar-refractivity contribution in [1.29, 1.82) is 0 Å². The minimum Gasteiger partial charge on any atom is -0.496 e. The van der Waals surface area contributed by atoms with E-state index in [-0.39, 0.29) is 0 Å². The number of benzene rings is 4. The number of carbonyl (C=O) groups excluding carboxylic acids is 1. The summed E-state index contributed by atoms with van der Waals surface area (Å²) in [5.41, 5.74) is 2.83. The fraction of sp³-hybridized carbons (Fsp3) is 0.0435. The molecule has 4 aromatic rings. The summed E-state index contributed by atoms with van der Waals surface area (Å²) in [6.45, 7) is 0. The van der Waals surface area contributed by atoms with Gasteiger partial charge >= 0.3 is 0 Å². The van der Waals surface area contributed by atoms with Crippen LogP contribution in [0.5, 0.6) is 5.75 Å². The molecule has 0 N–H and O–H groups in total. The van der Waals surface area contributed by atoms with E-state index in [0.717, 1.165) is 44.0 Å². The quantitative estimate of drug-likeness (QED) is 0.464. The van der Waals surface area contributed by atoms with Crippen LogP contribution in [0.15, 0.2) is 72.8 Å². The fourth-order valence-corrected chi connectivity index (χ4v) is 3.43. The molecule has 0 radical (unpaired) electrons. The Morgan fingerprint density at radius 3 is 2.00 bits per heavy atom. The van der Waals surface area contributed by atoms with Crippen molar-refractivity contribution in [3.63, 3.8) is 0 Å². The van der Waals surface area contributed by atoms with E-state index in [9.17, 15) is 4.79 Å². The molecule has 0 saturated carbocycles. The first kappa shape index (κ1) is 15.2. The van der Waals surface area contributed by atoms with Crippen molar-refractivity contribution >= 4 is 33.6 Å². The Morgan fingerprint density at radius 1 is 0.760 bits per heavy atom. The van der Waals surface area contributed by atoms with E-state index in [1.165, 1.54) is 6.08 Å². The van der Waals surface area contributed by atoms with Crippen LogP contribution >= 0.6 is 0 Å². The molecule has 2 heteroatoms. The second kappa shape index (κ2) is 6.27. The Labute approximate surface area is 146 Å². The average Bonchev–Trinajstić information content (AvgIpc) is 2.67. The van der Waals surface area contributed by atoms with E-state index in [0.29, 0.717) is 0 Å². The van der Waals surface area contributed by atoms with Gasteiger partial charge < -0.3 is 4.74 Å². The standard InChI is InChI=1S/C23H16O2/c1-25-21-13-12-17-7-3-5-9-20(17)23(21)22-18(14-15-24)11-10-16-6-2-4-8-19(16)22/h2-14H,1H3. The van der Waals surface area contributed by atoms with E-state index in [1.54, 1.807) is 7.11 Å². The minimum atomic E-state index is 0.788. The van der Waals surface area contributed by atoms with Crippen molar-refractivity contribution in [2.75, 3.05) is 7.11 Å². The predicted octanol–water partition coefficient (Wildman–Crippen LogP) is 5.51. The number of methoxy groups -OCH3 is 1. The molecule has 0 amide bonds. The molecule has 0 aliphatic rings. The van der Waals surface area contributed by atoms with Gasteiger partial charge in [0.2, 0.25) is 0 Å². The largest absolute Gasteiger partial charge is 0.496 e. The van der Waals surface area contributed by atoms with Gasteiger partial charge in [-0.3, -0.25) is 0 Å². The molecule has 0 saturated heterocycles. The number of ether oxygens (including phenoxy) is 1. The minimum absolute atomic E-state index is 0.788. The lowest BCUT2D eigenvalue weighted by molar-refractivity contribution is 0.417. The van der Waals surface area contributed by atoms with Crippen molar-refractivity contribution < 1.29 is 9.53 Å². The molecule has 120 valence electrons. The van der Waals surface area contributed by atoms with Crippen molar-refractivity contribution in [3.8, 4) is 16.9 Å². The number of hydrogen-bond acceptors (Lipinski definition) is 2. The van der Waals surface area contributed by atoms with Crippen molar-refractivity contribution in [3.05, 3.63) is 78.4 Å². The van der Waals surface area contributed by atoms with Crippen LogP contribution in [0.25, 0.3) is 38.7 Å². The highest BCUT2D eigenvalue weighted by atomic mass is 16.5. The first-order chi connectivity index (χ1) is 12.3. The van der Waals surface area contributed by atoms with Crippen LogP contribution in [-0.2, 0) is 4.79 Å². The van der Waals surface area contributed by atoms with E-state index >= 15 is 0 Å². The third-order valence-electron chi connectivity index (χ3n) is 4.54. The lowest BCUT2D eigenvalue weighted by atomic mass is 9.89. The van der Waals surface area contributed by atoms with Crippen molar-refractivity contribution in [2.45, 2.75) is 0 Å². The molecule has 4 aromatic carbocycles. The molecule has 25 heavy (non-hydrogen) atoms. The third-order valence-corrected chi connectivity index (χ3v) is 4.54. The number of hydrogen-bond donors (Lipinski definition) is 0. The molecule has 0 fully saturated rings. The van der Waals surface area contributed by atoms with Gasteiger partial charge in [0, 0.05) is 17.2 Å². The van der Waals surface area contributed by atoms with Crippen LogP contribution in [0.1, 0.15) is 5.56 Å². The van der Waals surface area contributed by atoms with E-state index in [2.05, 4.69) is 30.3 Å². The highest BCUT2D eigenvalue weighted by Gasteiger charge is 2.16. The molecular weight excluding hydrogens is 308 g/mol. The molecule has 0 unspecified atom stereocenters. The first-order valence-corrected chi connectivity index (χ1v) is 8.12. The highest BCUT2D eigenvalue weighted by molar-refractivity contribution is 6.10. The Hall–Kier alpha value is -3.35. The Bertz CT molecular complexity index is 1140. The second-order valence-electron chi connectivity index (χ2n) is 5.88. The second-order valence-corrected chi connectivity index (χ2v) is 5.88. The average molecular weight is 324 g/mol. The maximum atomic E-state index is 11.1. The van der Waals surface area contributed by atoms with Gasteiger partial charge in [0.15, 0.2) is 0 Å². The van der Waals surface area contributed by atoms with Gasteiger partial charge in [-0.05, 0) is 33.2 Å². The van der Waals surface area contributed by atoms with Crippen LogP contribution in [-0.4, -0.2) is 13.1 Å². The SMILES string of the molecule is COc1ccc2ccccc2c1-c1c(C=C=O)ccc2ccccc12. The van der Waals surface area contributed by atoms with E-state index in [4.69, 9.17) is 4.74 Å². The van der Waals surface area contributed by atoms with Crippen molar-refractivity contribution in [1.82, 2.24) is 0 Å². The van der Waals surface area contributed by atoms with Gasteiger partial charge in [0.25, 0.3) is 0 Å². The Morgan fingerprint density at radius 2 is 1.36 bits per heavy atom. The van der Waals surface area contributed by atoms with Gasteiger partial charge in [0.1, 0.15) is 11.7 Å². The summed E-state index contributed by atoms with van der Waals surface area (Å²) in [5.74, 6) is 2.72. The summed E-state index contributed by atoms with van der Waals surface area (Å²) in [7, 11) is 1.67. The summed E-state index contributed by atoms with van der Waals surface area (Å²) in [6.07, 6.45) is 1.49. The van der Waals surface area contributed by atoms with Gasteiger partial charge in [-0.15, -0.1) is 0 Å². The maximum Gasteiger partial charge on any atom is 0.127 e. The smallest absolute Gasteiger partial charge is 0.127 e. The molecule has 2 nitrogen and oxygen atoms in total. The maximum absolute atomic E-state index is 11.1. The lowest BCUT2D eigenvalue weighted by Gasteiger charge is -2.16. The molecule has 0 aliphatic carbocycles. The van der Waals surface area contributed by atoms with Gasteiger partial charge in [-0.2, -0.15) is 0 Å². The molecule has 0 aromatic heterocycles. The molecule has 0 heterocycles. The third kappa shape index (κ3) is 2.50. The van der Waals surface area contributed by atoms with Gasteiger partial charge in [-0.1, -0.05) is 66.7 Å². The summed E-state index contributed by atoms with van der Waals surface area (Å²) in [5, 5.41) is 4.43. The Balaban J connectivity index is 2.23. The summed E-state index contributed by atoms with van der Waals surface area (Å²) in [6, 6.07) is 24.4. The van der Waals surface area contributed by atoms with Crippen LogP contribution in [0, 0.1) is 0 Å². The number of rotatable bonds is 3. The van der Waals surface area contributed by atoms with Crippen LogP contribution in [0.4, 0.5) is 0 Å². The predicted molar refractivity (Wildman–Crippen MR) is 104 cm³/mol. The molecule has 0 aliphatic heterocycles. The summed E-state index contributed by atoms with van der Waals surface area (Å²) >= 11 is 0. The first-order valence-electron chi connectivity index (χ1n) is 8.12. The van der Waals surface area contributed by atoms with Crippen LogP contribution in [0.2, 0.25) is 0 Å². The highest BCUT2D eigenvalue weighted by Crippen LogP contribution is 2.42. The van der Waals surface area contributed by atoms with Crippen LogP contribution < -0.4 is 4.74 Å². The topological polar surface area (TPSA) is 26.3 Å². The normalized spacial score (nSPS) is 10.6. The fourth-order valence-electron chi connectivity index (χ4n) is 3.43. The van der Waals surface area contributed by atoms with Crippen molar-refractivity contribution in [2.24, 2.45) is 0 Å². The zero-order chi connectivity index (χ0) is 17.2. The molecule has 0 bridgehead atoms. The molecule has 4 rings (SSSR count). The summed E-state index contributed by atoms with van der Waals surface area (Å²) in [4.78, 5) is 11.1. The molecule has 0 atom stereocenters.